The lowest BCUT2D eigenvalue weighted by atomic mass is 9.78. The van der Waals surface area contributed by atoms with Crippen molar-refractivity contribution in [1.29, 1.82) is 0 Å². The highest BCUT2D eigenvalue weighted by Crippen LogP contribution is 2.38. The fraction of sp³-hybridized carbons (Fsp3) is 0.650. The zero-order valence-electron chi connectivity index (χ0n) is 15.6. The number of anilines is 1. The second-order valence-electron chi connectivity index (χ2n) is 7.25. The van der Waals surface area contributed by atoms with Crippen molar-refractivity contribution in [2.75, 3.05) is 38.2 Å². The maximum atomic E-state index is 12.6. The number of ether oxygens (including phenoxy) is 2. The van der Waals surface area contributed by atoms with Gasteiger partial charge < -0.3 is 24.8 Å². The van der Waals surface area contributed by atoms with Crippen LogP contribution in [-0.2, 0) is 4.74 Å². The van der Waals surface area contributed by atoms with Gasteiger partial charge in [0.1, 0.15) is 5.75 Å². The second-order valence-corrected chi connectivity index (χ2v) is 7.25. The quantitative estimate of drug-likeness (QED) is 0.843. The van der Waals surface area contributed by atoms with Crippen LogP contribution in [0.25, 0.3) is 0 Å². The number of aliphatic hydroxyl groups is 1. The van der Waals surface area contributed by atoms with Gasteiger partial charge >= 0.3 is 6.03 Å². The van der Waals surface area contributed by atoms with Crippen molar-refractivity contribution in [2.24, 2.45) is 5.92 Å². The van der Waals surface area contributed by atoms with Gasteiger partial charge in [0.25, 0.3) is 0 Å². The summed E-state index contributed by atoms with van der Waals surface area (Å²) in [7, 11) is 0. The Balaban J connectivity index is 1.55. The molecule has 1 aromatic rings. The summed E-state index contributed by atoms with van der Waals surface area (Å²) in [4.78, 5) is 14.5. The Bertz CT molecular complexity index is 597. The van der Waals surface area contributed by atoms with Gasteiger partial charge in [0.05, 0.1) is 17.9 Å². The largest absolute Gasteiger partial charge is 0.492 e. The molecular weight excluding hydrogens is 332 g/mol. The maximum absolute atomic E-state index is 12.6. The van der Waals surface area contributed by atoms with Gasteiger partial charge in [-0.15, -0.1) is 0 Å². The van der Waals surface area contributed by atoms with E-state index in [1.54, 1.807) is 0 Å². The number of amides is 2. The normalized spacial score (nSPS) is 22.2. The number of piperidine rings is 1. The average molecular weight is 362 g/mol. The smallest absolute Gasteiger partial charge is 0.321 e. The molecule has 1 aromatic carbocycles. The lowest BCUT2D eigenvalue weighted by Crippen LogP contribution is -2.51. The van der Waals surface area contributed by atoms with Gasteiger partial charge in [0.15, 0.2) is 0 Å². The number of para-hydroxylation sites is 2. The molecule has 2 aliphatic rings. The summed E-state index contributed by atoms with van der Waals surface area (Å²) >= 11 is 0. The highest BCUT2D eigenvalue weighted by molar-refractivity contribution is 5.91. The van der Waals surface area contributed by atoms with E-state index in [4.69, 9.17) is 9.47 Å². The van der Waals surface area contributed by atoms with E-state index in [2.05, 4.69) is 5.32 Å². The number of carbonyl (C=O) groups excluding carboxylic acids is 1. The number of aliphatic hydroxyl groups excluding tert-OH is 1. The number of urea groups is 1. The number of hydrogen-bond acceptors (Lipinski definition) is 4. The first-order valence-corrected chi connectivity index (χ1v) is 9.68. The summed E-state index contributed by atoms with van der Waals surface area (Å²) in [5, 5.41) is 12.2. The van der Waals surface area contributed by atoms with Crippen LogP contribution in [0.15, 0.2) is 24.3 Å². The maximum Gasteiger partial charge on any atom is 0.321 e. The Hall–Kier alpha value is -1.79. The molecule has 0 radical (unpaired) electrons. The van der Waals surface area contributed by atoms with Gasteiger partial charge in [0.2, 0.25) is 0 Å². The minimum absolute atomic E-state index is 0.0882. The van der Waals surface area contributed by atoms with E-state index in [-0.39, 0.29) is 18.2 Å². The molecule has 26 heavy (non-hydrogen) atoms. The van der Waals surface area contributed by atoms with E-state index >= 15 is 0 Å². The van der Waals surface area contributed by atoms with Gasteiger partial charge in [-0.3, -0.25) is 0 Å². The molecule has 144 valence electrons. The Morgan fingerprint density at radius 1 is 1.38 bits per heavy atom. The summed E-state index contributed by atoms with van der Waals surface area (Å²) < 4.78 is 11.7. The highest BCUT2D eigenvalue weighted by Gasteiger charge is 2.40. The van der Waals surface area contributed by atoms with Gasteiger partial charge in [-0.25, -0.2) is 4.79 Å². The Labute approximate surface area is 155 Å². The number of nitrogens with zero attached hydrogens (tertiary/aromatic N) is 1. The number of likely N-dealkylation sites (tertiary alicyclic amines) is 1. The molecule has 2 amide bonds. The number of carbonyl (C=O) groups is 1. The van der Waals surface area contributed by atoms with Crippen LogP contribution in [0.5, 0.6) is 5.75 Å². The monoisotopic (exact) mass is 362 g/mol. The standard InChI is InChI=1S/C20H30N2O4/c1-2-25-18-6-4-3-5-17(18)21-19(24)22-11-9-20(10-12-22)15-16(7-13-23)8-14-26-20/h3-6,16,23H,2,7-15H2,1H3,(H,21,24). The molecule has 0 aromatic heterocycles. The third-order valence-corrected chi connectivity index (χ3v) is 5.52. The summed E-state index contributed by atoms with van der Waals surface area (Å²) in [6.45, 7) is 4.87. The van der Waals surface area contributed by atoms with Crippen LogP contribution < -0.4 is 10.1 Å². The Morgan fingerprint density at radius 3 is 2.88 bits per heavy atom. The lowest BCUT2D eigenvalue weighted by molar-refractivity contribution is -0.124. The van der Waals surface area contributed by atoms with Gasteiger partial charge in [0, 0.05) is 26.3 Å². The van der Waals surface area contributed by atoms with Crippen LogP contribution in [0.4, 0.5) is 10.5 Å². The first-order valence-electron chi connectivity index (χ1n) is 9.68. The molecule has 6 heteroatoms. The second kappa shape index (κ2) is 8.73. The number of rotatable bonds is 5. The molecule has 2 aliphatic heterocycles. The number of hydrogen-bond donors (Lipinski definition) is 2. The molecule has 2 heterocycles. The molecule has 1 unspecified atom stereocenters. The summed E-state index contributed by atoms with van der Waals surface area (Å²) in [6.07, 6.45) is 4.59. The highest BCUT2D eigenvalue weighted by atomic mass is 16.5. The summed E-state index contributed by atoms with van der Waals surface area (Å²) in [5.41, 5.74) is 0.592. The molecule has 2 saturated heterocycles. The minimum Gasteiger partial charge on any atom is -0.492 e. The van der Waals surface area contributed by atoms with E-state index in [1.807, 2.05) is 36.1 Å². The van der Waals surface area contributed by atoms with Crippen LogP contribution in [0, 0.1) is 5.92 Å². The van der Waals surface area contributed by atoms with Crippen LogP contribution in [0.3, 0.4) is 0 Å². The first kappa shape index (κ1) is 19.0. The Morgan fingerprint density at radius 2 is 2.15 bits per heavy atom. The van der Waals surface area contributed by atoms with Crippen molar-refractivity contribution in [3.05, 3.63) is 24.3 Å². The predicted octanol–water partition coefficient (Wildman–Crippen LogP) is 3.26. The topological polar surface area (TPSA) is 71.0 Å². The number of benzene rings is 1. The third kappa shape index (κ3) is 4.48. The van der Waals surface area contributed by atoms with Crippen LogP contribution in [-0.4, -0.2) is 54.5 Å². The number of nitrogens with one attached hydrogen (secondary N) is 1. The summed E-state index contributed by atoms with van der Waals surface area (Å²) in [5.74, 6) is 1.23. The van der Waals surface area contributed by atoms with Gasteiger partial charge in [-0.05, 0) is 57.1 Å². The van der Waals surface area contributed by atoms with E-state index < -0.39 is 0 Å². The van der Waals surface area contributed by atoms with Crippen LogP contribution >= 0.6 is 0 Å². The Kier molecular flexibility index (Phi) is 6.38. The zero-order chi connectivity index (χ0) is 18.4. The molecule has 0 saturated carbocycles. The molecule has 0 bridgehead atoms. The van der Waals surface area contributed by atoms with Crippen molar-refractivity contribution in [2.45, 2.75) is 44.6 Å². The van der Waals surface area contributed by atoms with E-state index in [1.165, 1.54) is 0 Å². The zero-order valence-corrected chi connectivity index (χ0v) is 15.6. The van der Waals surface area contributed by atoms with E-state index in [9.17, 15) is 9.90 Å². The van der Waals surface area contributed by atoms with E-state index in [0.29, 0.717) is 37.1 Å². The molecule has 3 rings (SSSR count). The molecule has 1 spiro atoms. The van der Waals surface area contributed by atoms with Crippen LogP contribution in [0.1, 0.15) is 39.0 Å². The first-order chi connectivity index (χ1) is 12.7. The predicted molar refractivity (Wildman–Crippen MR) is 101 cm³/mol. The summed E-state index contributed by atoms with van der Waals surface area (Å²) in [6, 6.07) is 7.42. The molecule has 0 aliphatic carbocycles. The lowest BCUT2D eigenvalue weighted by Gasteiger charge is -2.46. The fourth-order valence-corrected chi connectivity index (χ4v) is 4.07. The average Bonchev–Trinajstić information content (AvgIpc) is 2.64. The molecular formula is C20H30N2O4. The molecule has 1 atom stereocenters. The SMILES string of the molecule is CCOc1ccccc1NC(=O)N1CCC2(CC1)CC(CCO)CCO2. The van der Waals surface area contributed by atoms with Crippen molar-refractivity contribution >= 4 is 11.7 Å². The third-order valence-electron chi connectivity index (χ3n) is 5.52. The van der Waals surface area contributed by atoms with Crippen molar-refractivity contribution in [3.63, 3.8) is 0 Å². The molecule has 2 N–H and O–H groups in total. The van der Waals surface area contributed by atoms with E-state index in [0.717, 1.165) is 38.7 Å². The van der Waals surface area contributed by atoms with Gasteiger partial charge in [-0.1, -0.05) is 12.1 Å². The van der Waals surface area contributed by atoms with Crippen molar-refractivity contribution < 1.29 is 19.4 Å². The molecule has 2 fully saturated rings. The van der Waals surface area contributed by atoms with Crippen molar-refractivity contribution in [3.8, 4) is 5.75 Å². The van der Waals surface area contributed by atoms with Crippen molar-refractivity contribution in [1.82, 2.24) is 4.90 Å². The van der Waals surface area contributed by atoms with Gasteiger partial charge in [-0.2, -0.15) is 0 Å². The minimum atomic E-state index is -0.113. The van der Waals surface area contributed by atoms with Crippen LogP contribution in [0.2, 0.25) is 0 Å². The molecule has 6 nitrogen and oxygen atoms in total. The fourth-order valence-electron chi connectivity index (χ4n) is 4.07.